The van der Waals surface area contributed by atoms with Crippen molar-refractivity contribution < 1.29 is 5.11 Å². The lowest BCUT2D eigenvalue weighted by molar-refractivity contribution is 0.0513. The summed E-state index contributed by atoms with van der Waals surface area (Å²) in [6, 6.07) is 0. The van der Waals surface area contributed by atoms with Crippen molar-refractivity contribution >= 4 is 0 Å². The van der Waals surface area contributed by atoms with Gasteiger partial charge in [0.05, 0.1) is 0 Å². The zero-order valence-electron chi connectivity index (χ0n) is 8.56. The molecule has 1 saturated heterocycles. The lowest BCUT2D eigenvalue weighted by atomic mass is 10.0. The first-order valence-corrected chi connectivity index (χ1v) is 5.10. The first kappa shape index (κ1) is 9.68. The number of aryl methyl sites for hydroxylation is 1. The molecule has 2 rings (SSSR count). The Morgan fingerprint density at radius 3 is 2.86 bits per heavy atom. The molecule has 4 nitrogen and oxygen atoms in total. The van der Waals surface area contributed by atoms with Gasteiger partial charge >= 0.3 is 0 Å². The van der Waals surface area contributed by atoms with Crippen LogP contribution in [0.15, 0.2) is 12.4 Å². The van der Waals surface area contributed by atoms with E-state index < -0.39 is 0 Å². The molecule has 4 heteroatoms. The van der Waals surface area contributed by atoms with Crippen LogP contribution in [0.5, 0.6) is 0 Å². The fraction of sp³-hybridized carbons (Fsp3) is 0.700. The van der Waals surface area contributed by atoms with Crippen molar-refractivity contribution in [2.45, 2.75) is 13.5 Å². The number of aliphatic hydroxyl groups excluding tert-OH is 1. The van der Waals surface area contributed by atoms with E-state index in [2.05, 4.69) is 14.5 Å². The van der Waals surface area contributed by atoms with Crippen LogP contribution < -0.4 is 0 Å². The van der Waals surface area contributed by atoms with Crippen molar-refractivity contribution in [2.75, 3.05) is 26.2 Å². The minimum atomic E-state index is 0.334. The predicted octanol–water partition coefficient (Wildman–Crippen LogP) is 0.116. The van der Waals surface area contributed by atoms with E-state index in [1.807, 2.05) is 19.3 Å². The summed E-state index contributed by atoms with van der Waals surface area (Å²) >= 11 is 0. The molecule has 0 unspecified atom stereocenters. The molecule has 0 amide bonds. The van der Waals surface area contributed by atoms with Crippen molar-refractivity contribution in [3.63, 3.8) is 0 Å². The Balaban J connectivity index is 1.72. The van der Waals surface area contributed by atoms with Crippen LogP contribution in [0, 0.1) is 12.8 Å². The van der Waals surface area contributed by atoms with Crippen molar-refractivity contribution in [1.82, 2.24) is 14.5 Å². The standard InChI is InChI=1S/C10H17N3O/c1-9-11-2-3-13(9)5-4-12-6-10(7-12)8-14/h2-3,10,14H,4-8H2,1H3. The Labute approximate surface area is 84.2 Å². The molecule has 1 aliphatic rings. The summed E-state index contributed by atoms with van der Waals surface area (Å²) in [7, 11) is 0. The number of hydrogen-bond donors (Lipinski definition) is 1. The normalized spacial score (nSPS) is 18.4. The number of rotatable bonds is 4. The molecule has 0 aromatic carbocycles. The summed E-state index contributed by atoms with van der Waals surface area (Å²) in [5.74, 6) is 1.59. The van der Waals surface area contributed by atoms with Gasteiger partial charge < -0.3 is 14.6 Å². The highest BCUT2D eigenvalue weighted by Crippen LogP contribution is 2.13. The van der Waals surface area contributed by atoms with Gasteiger partial charge in [-0.3, -0.25) is 0 Å². The van der Waals surface area contributed by atoms with Gasteiger partial charge in [-0.05, 0) is 6.92 Å². The molecule has 0 atom stereocenters. The average molecular weight is 195 g/mol. The van der Waals surface area contributed by atoms with Crippen molar-refractivity contribution in [3.8, 4) is 0 Å². The summed E-state index contributed by atoms with van der Waals surface area (Å²) in [4.78, 5) is 6.54. The maximum absolute atomic E-state index is 8.86. The average Bonchev–Trinajstić information content (AvgIpc) is 2.49. The lowest BCUT2D eigenvalue weighted by Gasteiger charge is -2.38. The zero-order valence-corrected chi connectivity index (χ0v) is 8.56. The molecular weight excluding hydrogens is 178 g/mol. The van der Waals surface area contributed by atoms with E-state index in [0.717, 1.165) is 32.0 Å². The van der Waals surface area contributed by atoms with E-state index in [1.165, 1.54) is 0 Å². The van der Waals surface area contributed by atoms with Crippen LogP contribution in [0.25, 0.3) is 0 Å². The maximum Gasteiger partial charge on any atom is 0.105 e. The van der Waals surface area contributed by atoms with Crippen molar-refractivity contribution in [3.05, 3.63) is 18.2 Å². The Morgan fingerprint density at radius 2 is 2.29 bits per heavy atom. The number of likely N-dealkylation sites (tertiary alicyclic amines) is 1. The van der Waals surface area contributed by atoms with Gasteiger partial charge in [0.2, 0.25) is 0 Å². The topological polar surface area (TPSA) is 41.3 Å². The van der Waals surface area contributed by atoms with E-state index in [9.17, 15) is 0 Å². The number of nitrogens with zero attached hydrogens (tertiary/aromatic N) is 3. The zero-order chi connectivity index (χ0) is 9.97. The quantitative estimate of drug-likeness (QED) is 0.741. The summed E-state index contributed by atoms with van der Waals surface area (Å²) < 4.78 is 2.16. The lowest BCUT2D eigenvalue weighted by Crippen LogP contribution is -2.49. The minimum absolute atomic E-state index is 0.334. The fourth-order valence-corrected chi connectivity index (χ4v) is 1.86. The van der Waals surface area contributed by atoms with Gasteiger partial charge in [-0.15, -0.1) is 0 Å². The fourth-order valence-electron chi connectivity index (χ4n) is 1.86. The van der Waals surface area contributed by atoms with Gasteiger partial charge in [0.15, 0.2) is 0 Å². The second kappa shape index (κ2) is 4.11. The van der Waals surface area contributed by atoms with E-state index in [1.54, 1.807) is 0 Å². The predicted molar refractivity (Wildman–Crippen MR) is 54.0 cm³/mol. The monoisotopic (exact) mass is 195 g/mol. The molecule has 2 heterocycles. The molecule has 1 aromatic heterocycles. The summed E-state index contributed by atoms with van der Waals surface area (Å²) in [6.45, 7) is 6.51. The smallest absolute Gasteiger partial charge is 0.105 e. The van der Waals surface area contributed by atoms with E-state index in [0.29, 0.717) is 12.5 Å². The van der Waals surface area contributed by atoms with E-state index in [4.69, 9.17) is 5.11 Å². The van der Waals surface area contributed by atoms with Crippen LogP contribution in [-0.4, -0.2) is 45.8 Å². The number of aliphatic hydroxyl groups is 1. The Kier molecular flexibility index (Phi) is 2.84. The Bertz CT molecular complexity index is 291. The molecule has 1 aromatic rings. The van der Waals surface area contributed by atoms with Crippen LogP contribution >= 0.6 is 0 Å². The molecule has 0 spiro atoms. The molecule has 78 valence electrons. The first-order valence-electron chi connectivity index (χ1n) is 5.10. The third-order valence-electron chi connectivity index (χ3n) is 2.87. The Hall–Kier alpha value is -0.870. The largest absolute Gasteiger partial charge is 0.396 e. The maximum atomic E-state index is 8.86. The first-order chi connectivity index (χ1) is 6.79. The van der Waals surface area contributed by atoms with Crippen molar-refractivity contribution in [2.24, 2.45) is 5.92 Å². The van der Waals surface area contributed by atoms with Crippen molar-refractivity contribution in [1.29, 1.82) is 0 Å². The van der Waals surface area contributed by atoms with E-state index >= 15 is 0 Å². The van der Waals surface area contributed by atoms with Crippen LogP contribution in [0.1, 0.15) is 5.82 Å². The number of imidazole rings is 1. The SMILES string of the molecule is Cc1nccn1CCN1CC(CO)C1. The molecule has 1 fully saturated rings. The highest BCUT2D eigenvalue weighted by Gasteiger charge is 2.24. The molecule has 0 aliphatic carbocycles. The third kappa shape index (κ3) is 1.96. The van der Waals surface area contributed by atoms with Crippen LogP contribution in [0.3, 0.4) is 0 Å². The van der Waals surface area contributed by atoms with Gasteiger partial charge in [-0.2, -0.15) is 0 Å². The molecule has 0 bridgehead atoms. The summed E-state index contributed by atoms with van der Waals surface area (Å²) in [6.07, 6.45) is 3.85. The molecule has 0 radical (unpaired) electrons. The highest BCUT2D eigenvalue weighted by molar-refractivity contribution is 4.89. The van der Waals surface area contributed by atoms with Gasteiger partial charge in [0, 0.05) is 51.1 Å². The van der Waals surface area contributed by atoms with Crippen LogP contribution in [0.4, 0.5) is 0 Å². The van der Waals surface area contributed by atoms with Gasteiger partial charge in [-0.1, -0.05) is 0 Å². The number of hydrogen-bond acceptors (Lipinski definition) is 3. The molecule has 1 N–H and O–H groups in total. The second-order valence-electron chi connectivity index (χ2n) is 3.98. The molecule has 0 saturated carbocycles. The van der Waals surface area contributed by atoms with Gasteiger partial charge in [0.25, 0.3) is 0 Å². The number of aromatic nitrogens is 2. The van der Waals surface area contributed by atoms with Gasteiger partial charge in [0.1, 0.15) is 5.82 Å². The minimum Gasteiger partial charge on any atom is -0.396 e. The van der Waals surface area contributed by atoms with Gasteiger partial charge in [-0.25, -0.2) is 4.98 Å². The molecule has 1 aliphatic heterocycles. The van der Waals surface area contributed by atoms with Crippen LogP contribution in [0.2, 0.25) is 0 Å². The second-order valence-corrected chi connectivity index (χ2v) is 3.98. The summed E-state index contributed by atoms with van der Waals surface area (Å²) in [5, 5.41) is 8.86. The highest BCUT2D eigenvalue weighted by atomic mass is 16.3. The van der Waals surface area contributed by atoms with E-state index in [-0.39, 0.29) is 0 Å². The summed E-state index contributed by atoms with van der Waals surface area (Å²) in [5.41, 5.74) is 0. The molecule has 14 heavy (non-hydrogen) atoms. The molecular formula is C10H17N3O. The Morgan fingerprint density at radius 1 is 1.50 bits per heavy atom. The third-order valence-corrected chi connectivity index (χ3v) is 2.87. The van der Waals surface area contributed by atoms with Crippen LogP contribution in [-0.2, 0) is 6.54 Å².